The van der Waals surface area contributed by atoms with Crippen molar-refractivity contribution in [2.45, 2.75) is 57.2 Å². The molecule has 0 bridgehead atoms. The maximum atomic E-state index is 14.1. The van der Waals surface area contributed by atoms with Crippen LogP contribution in [0.1, 0.15) is 44.1 Å². The van der Waals surface area contributed by atoms with E-state index in [1.54, 1.807) is 11.8 Å². The number of hydrogen-bond acceptors (Lipinski definition) is 5. The summed E-state index contributed by atoms with van der Waals surface area (Å²) in [5, 5.41) is 14.5. The summed E-state index contributed by atoms with van der Waals surface area (Å²) in [5.41, 5.74) is 0.688. The Kier molecular flexibility index (Phi) is 9.29. The highest BCUT2D eigenvalue weighted by Crippen LogP contribution is 2.31. The van der Waals surface area contributed by atoms with Crippen LogP contribution in [0.5, 0.6) is 0 Å². The zero-order valence-electron chi connectivity index (χ0n) is 18.7. The van der Waals surface area contributed by atoms with E-state index < -0.39 is 10.7 Å². The number of anilines is 1. The van der Waals surface area contributed by atoms with Crippen LogP contribution in [0.15, 0.2) is 53.5 Å². The Morgan fingerprint density at radius 3 is 2.62 bits per heavy atom. The van der Waals surface area contributed by atoms with E-state index in [-0.39, 0.29) is 42.2 Å². The first-order valence-corrected chi connectivity index (χ1v) is 12.2. The second kappa shape index (κ2) is 12.2. The molecular formula is C24H28ClFN4O3S. The Morgan fingerprint density at radius 1 is 1.18 bits per heavy atom. The number of amidine groups is 1. The van der Waals surface area contributed by atoms with Crippen molar-refractivity contribution in [3.8, 4) is 0 Å². The molecule has 1 amide bonds. The summed E-state index contributed by atoms with van der Waals surface area (Å²) in [5.74, 6) is -0.365. The number of nitro benzene ring substituents is 1. The van der Waals surface area contributed by atoms with Crippen molar-refractivity contribution in [2.24, 2.45) is 4.99 Å². The zero-order chi connectivity index (χ0) is 23.2. The number of aliphatic imine (C=N–C) groups is 1. The maximum Gasteiger partial charge on any atom is 0.271 e. The van der Waals surface area contributed by atoms with Crippen molar-refractivity contribution in [1.29, 1.82) is 0 Å². The van der Waals surface area contributed by atoms with Gasteiger partial charge in [0.25, 0.3) is 5.69 Å². The van der Waals surface area contributed by atoms with E-state index in [9.17, 15) is 19.3 Å². The molecule has 1 heterocycles. The van der Waals surface area contributed by atoms with Crippen LogP contribution >= 0.6 is 24.2 Å². The van der Waals surface area contributed by atoms with Crippen LogP contribution in [0.2, 0.25) is 0 Å². The molecule has 4 rings (SSSR count). The van der Waals surface area contributed by atoms with Crippen LogP contribution in [0.3, 0.4) is 0 Å². The number of carbonyl (C=O) groups excluding carboxylic acids is 1. The molecule has 1 unspecified atom stereocenters. The quantitative estimate of drug-likeness (QED) is 0.379. The molecule has 1 atom stereocenters. The lowest BCUT2D eigenvalue weighted by atomic mass is 9.96. The second-order valence-electron chi connectivity index (χ2n) is 8.46. The SMILES string of the molecule is Cl.O=C(CC1CSC(=NC2CCCCC2)N1Cc1ccccc1)Nc1cc([N+](=O)[O-])ccc1F. The Morgan fingerprint density at radius 2 is 1.91 bits per heavy atom. The number of nitrogens with zero attached hydrogens (tertiary/aromatic N) is 3. The molecule has 2 aromatic carbocycles. The molecule has 7 nitrogen and oxygen atoms in total. The van der Waals surface area contributed by atoms with Crippen LogP contribution in [-0.2, 0) is 11.3 Å². The number of carbonyl (C=O) groups is 1. The third kappa shape index (κ3) is 6.70. The number of nitro groups is 1. The summed E-state index contributed by atoms with van der Waals surface area (Å²) >= 11 is 1.66. The fraction of sp³-hybridized carbons (Fsp3) is 0.417. The molecule has 2 aliphatic rings. The highest BCUT2D eigenvalue weighted by molar-refractivity contribution is 8.14. The van der Waals surface area contributed by atoms with Crippen LogP contribution in [0.4, 0.5) is 15.8 Å². The molecule has 1 saturated heterocycles. The van der Waals surface area contributed by atoms with Crippen LogP contribution in [-0.4, -0.2) is 38.7 Å². The van der Waals surface area contributed by atoms with Crippen molar-refractivity contribution >= 4 is 46.6 Å². The van der Waals surface area contributed by atoms with Gasteiger partial charge >= 0.3 is 0 Å². The molecule has 1 aliphatic carbocycles. The molecule has 34 heavy (non-hydrogen) atoms. The summed E-state index contributed by atoms with van der Waals surface area (Å²) in [6.07, 6.45) is 6.00. The van der Waals surface area contributed by atoms with Gasteiger partial charge in [-0.2, -0.15) is 0 Å². The molecule has 1 N–H and O–H groups in total. The fourth-order valence-electron chi connectivity index (χ4n) is 4.26. The first-order valence-electron chi connectivity index (χ1n) is 11.2. The van der Waals surface area contributed by atoms with Crippen LogP contribution in [0, 0.1) is 15.9 Å². The molecule has 2 fully saturated rings. The lowest BCUT2D eigenvalue weighted by Crippen LogP contribution is -2.37. The van der Waals surface area contributed by atoms with Gasteiger partial charge in [0, 0.05) is 36.9 Å². The summed E-state index contributed by atoms with van der Waals surface area (Å²) in [4.78, 5) is 30.4. The number of thioether (sulfide) groups is 1. The second-order valence-corrected chi connectivity index (χ2v) is 9.44. The number of rotatable bonds is 7. The highest BCUT2D eigenvalue weighted by Gasteiger charge is 2.33. The minimum absolute atomic E-state index is 0. The van der Waals surface area contributed by atoms with E-state index in [1.165, 1.54) is 19.3 Å². The minimum atomic E-state index is -0.699. The number of halogens is 2. The molecule has 0 spiro atoms. The summed E-state index contributed by atoms with van der Waals surface area (Å²) in [6, 6.07) is 13.4. The maximum absolute atomic E-state index is 14.1. The van der Waals surface area contributed by atoms with Gasteiger partial charge in [0.1, 0.15) is 5.82 Å². The van der Waals surface area contributed by atoms with E-state index in [2.05, 4.69) is 22.3 Å². The standard InChI is InChI=1S/C24H27FN4O3S.ClH/c25-21-12-11-19(29(31)32)13-22(21)27-23(30)14-20-16-33-24(26-18-9-5-2-6-10-18)28(20)15-17-7-3-1-4-8-17;/h1,3-4,7-8,11-13,18,20H,2,5-6,9-10,14-16H2,(H,27,30);1H. The molecule has 0 radical (unpaired) electrons. The normalized spacial score (nSPS) is 19.6. The Hall–Kier alpha value is -2.65. The lowest BCUT2D eigenvalue weighted by molar-refractivity contribution is -0.384. The molecular weight excluding hydrogens is 479 g/mol. The van der Waals surface area contributed by atoms with E-state index >= 15 is 0 Å². The van der Waals surface area contributed by atoms with E-state index in [1.807, 2.05) is 18.2 Å². The number of hydrogen-bond donors (Lipinski definition) is 1. The third-order valence-corrected chi connectivity index (χ3v) is 7.16. The molecule has 2 aromatic rings. The number of amides is 1. The summed E-state index contributed by atoms with van der Waals surface area (Å²) < 4.78 is 14.1. The van der Waals surface area contributed by atoms with Gasteiger partial charge in [0.05, 0.1) is 16.7 Å². The van der Waals surface area contributed by atoms with Crippen molar-refractivity contribution in [2.75, 3.05) is 11.1 Å². The molecule has 0 aromatic heterocycles. The predicted molar refractivity (Wildman–Crippen MR) is 136 cm³/mol. The topological polar surface area (TPSA) is 87.8 Å². The summed E-state index contributed by atoms with van der Waals surface area (Å²) in [7, 11) is 0. The van der Waals surface area contributed by atoms with Crippen LogP contribution < -0.4 is 5.32 Å². The monoisotopic (exact) mass is 506 g/mol. The molecule has 182 valence electrons. The van der Waals surface area contributed by atoms with E-state index in [0.717, 1.165) is 41.8 Å². The number of non-ortho nitro benzene ring substituents is 1. The zero-order valence-corrected chi connectivity index (χ0v) is 20.3. The lowest BCUT2D eigenvalue weighted by Gasteiger charge is -2.27. The Balaban J connectivity index is 0.00000324. The Bertz CT molecular complexity index is 1030. The molecule has 10 heteroatoms. The van der Waals surface area contributed by atoms with E-state index in [0.29, 0.717) is 18.3 Å². The van der Waals surface area contributed by atoms with Crippen LogP contribution in [0.25, 0.3) is 0 Å². The number of benzene rings is 2. The summed E-state index contributed by atoms with van der Waals surface area (Å²) in [6.45, 7) is 0.641. The van der Waals surface area contributed by atoms with Gasteiger partial charge in [-0.05, 0) is 24.5 Å². The average Bonchev–Trinajstić information content (AvgIpc) is 3.17. The largest absolute Gasteiger partial charge is 0.343 e. The van der Waals surface area contributed by atoms with Crippen molar-refractivity contribution in [3.63, 3.8) is 0 Å². The van der Waals surface area contributed by atoms with Gasteiger partial charge in [-0.3, -0.25) is 19.9 Å². The number of nitrogens with one attached hydrogen (secondary N) is 1. The molecule has 1 aliphatic heterocycles. The van der Waals surface area contributed by atoms with E-state index in [4.69, 9.17) is 4.99 Å². The van der Waals surface area contributed by atoms with Gasteiger partial charge in [0.15, 0.2) is 5.17 Å². The highest BCUT2D eigenvalue weighted by atomic mass is 35.5. The average molecular weight is 507 g/mol. The first kappa shape index (κ1) is 26.0. The minimum Gasteiger partial charge on any atom is -0.343 e. The van der Waals surface area contributed by atoms with Gasteiger partial charge in [-0.15, -0.1) is 12.4 Å². The van der Waals surface area contributed by atoms with Gasteiger partial charge in [-0.25, -0.2) is 4.39 Å². The van der Waals surface area contributed by atoms with Gasteiger partial charge in [-0.1, -0.05) is 61.4 Å². The van der Waals surface area contributed by atoms with Gasteiger partial charge < -0.3 is 10.2 Å². The molecule has 1 saturated carbocycles. The third-order valence-electron chi connectivity index (χ3n) is 6.01. The van der Waals surface area contributed by atoms with Gasteiger partial charge in [0.2, 0.25) is 5.91 Å². The predicted octanol–water partition coefficient (Wildman–Crippen LogP) is 5.79. The Labute approximate surface area is 208 Å². The smallest absolute Gasteiger partial charge is 0.271 e. The van der Waals surface area contributed by atoms with Crippen molar-refractivity contribution < 1.29 is 14.1 Å². The first-order chi connectivity index (χ1) is 16.0. The van der Waals surface area contributed by atoms with Crippen molar-refractivity contribution in [3.05, 3.63) is 70.0 Å². The fourth-order valence-corrected chi connectivity index (χ4v) is 5.50. The van der Waals surface area contributed by atoms with Crippen molar-refractivity contribution in [1.82, 2.24) is 4.90 Å².